The van der Waals surface area contributed by atoms with Gasteiger partial charge in [0.1, 0.15) is 0 Å². The van der Waals surface area contributed by atoms with Crippen molar-refractivity contribution in [2.24, 2.45) is 0 Å². The topological polar surface area (TPSA) is 75.4 Å². The molecule has 0 spiro atoms. The van der Waals surface area contributed by atoms with Crippen molar-refractivity contribution in [3.8, 4) is 0 Å². The van der Waals surface area contributed by atoms with Crippen LogP contribution >= 0.6 is 0 Å². The summed E-state index contributed by atoms with van der Waals surface area (Å²) in [5.41, 5.74) is 0.747. The molecule has 0 aliphatic carbocycles. The van der Waals surface area contributed by atoms with Gasteiger partial charge in [-0.05, 0) is 36.6 Å². The molecule has 24 heavy (non-hydrogen) atoms. The maximum Gasteiger partial charge on any atom is 0.175 e. The molecule has 7 heteroatoms. The fourth-order valence-electron chi connectivity index (χ4n) is 3.15. The van der Waals surface area contributed by atoms with Crippen LogP contribution in [-0.2, 0) is 9.84 Å². The molecular weight excluding hydrogens is 326 g/mol. The number of sulfone groups is 1. The van der Waals surface area contributed by atoms with Gasteiger partial charge in [-0.3, -0.25) is 4.68 Å². The van der Waals surface area contributed by atoms with E-state index in [0.29, 0.717) is 12.6 Å². The van der Waals surface area contributed by atoms with Gasteiger partial charge in [-0.1, -0.05) is 12.1 Å². The minimum atomic E-state index is -3.20. The number of aliphatic hydroxyl groups excluding tert-OH is 1. The van der Waals surface area contributed by atoms with E-state index in [9.17, 15) is 13.5 Å². The molecule has 1 N–H and O–H groups in total. The molecule has 6 nitrogen and oxygen atoms in total. The first-order chi connectivity index (χ1) is 11.4. The van der Waals surface area contributed by atoms with Gasteiger partial charge < -0.3 is 10.0 Å². The Morgan fingerprint density at radius 3 is 2.46 bits per heavy atom. The normalized spacial score (nSPS) is 18.6. The first-order valence-electron chi connectivity index (χ1n) is 8.13. The lowest BCUT2D eigenvalue weighted by molar-refractivity contribution is 0.0889. The van der Waals surface area contributed by atoms with E-state index in [1.807, 2.05) is 16.9 Å². The van der Waals surface area contributed by atoms with Gasteiger partial charge in [0.15, 0.2) is 9.84 Å². The van der Waals surface area contributed by atoms with Gasteiger partial charge in [-0.15, -0.1) is 0 Å². The Balaban J connectivity index is 1.55. The third-order valence-electron chi connectivity index (χ3n) is 4.58. The SMILES string of the molecule is CS(=O)(=O)c1ccc(C(O)CN2CCC(n3cccn3)CC2)cc1. The molecular formula is C17H23N3O3S. The highest BCUT2D eigenvalue weighted by molar-refractivity contribution is 7.90. The molecule has 130 valence electrons. The van der Waals surface area contributed by atoms with Crippen LogP contribution in [0.15, 0.2) is 47.6 Å². The van der Waals surface area contributed by atoms with Crippen LogP contribution in [0.5, 0.6) is 0 Å². The number of aromatic nitrogens is 2. The second-order valence-electron chi connectivity index (χ2n) is 6.37. The summed E-state index contributed by atoms with van der Waals surface area (Å²) in [4.78, 5) is 2.52. The lowest BCUT2D eigenvalue weighted by Crippen LogP contribution is -2.37. The van der Waals surface area contributed by atoms with Crippen molar-refractivity contribution >= 4 is 9.84 Å². The standard InChI is InChI=1S/C17H23N3O3S/c1-24(22,23)16-5-3-14(4-6-16)17(21)13-19-11-7-15(8-12-19)20-10-2-9-18-20/h2-6,9-10,15,17,21H,7-8,11-13H2,1H3. The molecule has 1 saturated heterocycles. The largest absolute Gasteiger partial charge is 0.387 e. The lowest BCUT2D eigenvalue weighted by atomic mass is 10.0. The van der Waals surface area contributed by atoms with Gasteiger partial charge >= 0.3 is 0 Å². The van der Waals surface area contributed by atoms with Crippen molar-refractivity contribution in [1.82, 2.24) is 14.7 Å². The number of piperidine rings is 1. The van der Waals surface area contributed by atoms with Gasteiger partial charge in [0.05, 0.1) is 17.0 Å². The van der Waals surface area contributed by atoms with Gasteiger partial charge in [0, 0.05) is 38.3 Å². The van der Waals surface area contributed by atoms with Crippen LogP contribution in [0.1, 0.15) is 30.6 Å². The molecule has 1 aromatic carbocycles. The third-order valence-corrected chi connectivity index (χ3v) is 5.71. The number of benzene rings is 1. The lowest BCUT2D eigenvalue weighted by Gasteiger charge is -2.33. The van der Waals surface area contributed by atoms with Crippen LogP contribution in [0.3, 0.4) is 0 Å². The first-order valence-corrected chi connectivity index (χ1v) is 10.0. The molecule has 1 aliphatic rings. The van der Waals surface area contributed by atoms with Crippen molar-refractivity contribution in [1.29, 1.82) is 0 Å². The van der Waals surface area contributed by atoms with Crippen molar-refractivity contribution in [3.63, 3.8) is 0 Å². The maximum absolute atomic E-state index is 11.5. The Labute approximate surface area is 142 Å². The quantitative estimate of drug-likeness (QED) is 0.888. The smallest absolute Gasteiger partial charge is 0.175 e. The summed E-state index contributed by atoms with van der Waals surface area (Å²) in [7, 11) is -3.20. The number of hydrogen-bond donors (Lipinski definition) is 1. The van der Waals surface area contributed by atoms with Crippen molar-refractivity contribution < 1.29 is 13.5 Å². The maximum atomic E-state index is 11.5. The zero-order valence-electron chi connectivity index (χ0n) is 13.7. The van der Waals surface area contributed by atoms with E-state index in [4.69, 9.17) is 0 Å². The van der Waals surface area contributed by atoms with Gasteiger partial charge in [-0.25, -0.2) is 8.42 Å². The highest BCUT2D eigenvalue weighted by Gasteiger charge is 2.22. The molecule has 1 atom stereocenters. The molecule has 0 radical (unpaired) electrons. The Hall–Kier alpha value is -1.70. The summed E-state index contributed by atoms with van der Waals surface area (Å²) in [6, 6.07) is 8.86. The van der Waals surface area contributed by atoms with Gasteiger partial charge in [-0.2, -0.15) is 5.10 Å². The number of β-amino-alcohol motifs (C(OH)–C–C–N with tert-alkyl or cyclic N) is 1. The van der Waals surface area contributed by atoms with Gasteiger partial charge in [0.2, 0.25) is 0 Å². The molecule has 1 unspecified atom stereocenters. The van der Waals surface area contributed by atoms with E-state index < -0.39 is 15.9 Å². The first kappa shape index (κ1) is 17.1. The number of aliphatic hydroxyl groups is 1. The summed E-state index contributed by atoms with van der Waals surface area (Å²) < 4.78 is 25.0. The molecule has 2 aromatic rings. The van der Waals surface area contributed by atoms with Crippen LogP contribution in [0.25, 0.3) is 0 Å². The Morgan fingerprint density at radius 1 is 1.25 bits per heavy atom. The number of rotatable bonds is 5. The van der Waals surface area contributed by atoms with Crippen LogP contribution in [0, 0.1) is 0 Å². The van der Waals surface area contributed by atoms with Crippen LogP contribution in [0.2, 0.25) is 0 Å². The van der Waals surface area contributed by atoms with Crippen LogP contribution in [0.4, 0.5) is 0 Å². The fourth-order valence-corrected chi connectivity index (χ4v) is 3.78. The second-order valence-corrected chi connectivity index (χ2v) is 8.39. The molecule has 2 heterocycles. The Bertz CT molecular complexity index is 749. The average molecular weight is 349 g/mol. The van der Waals surface area contributed by atoms with E-state index in [1.165, 1.54) is 6.26 Å². The van der Waals surface area contributed by atoms with Crippen molar-refractivity contribution in [3.05, 3.63) is 48.3 Å². The second kappa shape index (κ2) is 7.04. The molecule has 3 rings (SSSR count). The van der Waals surface area contributed by atoms with Crippen molar-refractivity contribution in [2.75, 3.05) is 25.9 Å². The fraction of sp³-hybridized carbons (Fsp3) is 0.471. The summed E-state index contributed by atoms with van der Waals surface area (Å²) in [5.74, 6) is 0. The average Bonchev–Trinajstić information content (AvgIpc) is 3.09. The van der Waals surface area contributed by atoms with Crippen LogP contribution < -0.4 is 0 Å². The Morgan fingerprint density at radius 2 is 1.92 bits per heavy atom. The minimum Gasteiger partial charge on any atom is -0.387 e. The molecule has 0 amide bonds. The predicted molar refractivity (Wildman–Crippen MR) is 91.4 cm³/mol. The predicted octanol–water partition coefficient (Wildman–Crippen LogP) is 1.66. The summed E-state index contributed by atoms with van der Waals surface area (Å²) in [6.07, 6.45) is 6.40. The third kappa shape index (κ3) is 4.03. The number of nitrogens with zero attached hydrogens (tertiary/aromatic N) is 3. The highest BCUT2D eigenvalue weighted by atomic mass is 32.2. The van der Waals surface area contributed by atoms with Crippen molar-refractivity contribution in [2.45, 2.75) is 29.9 Å². The van der Waals surface area contributed by atoms with Gasteiger partial charge in [0.25, 0.3) is 0 Å². The number of likely N-dealkylation sites (tertiary alicyclic amines) is 1. The zero-order chi connectivity index (χ0) is 17.2. The van der Waals surface area contributed by atoms with E-state index in [1.54, 1.807) is 30.5 Å². The molecule has 1 fully saturated rings. The zero-order valence-corrected chi connectivity index (χ0v) is 14.6. The Kier molecular flexibility index (Phi) is 5.03. The molecule has 1 aliphatic heterocycles. The molecule has 0 bridgehead atoms. The van der Waals surface area contributed by atoms with E-state index in [0.717, 1.165) is 31.5 Å². The highest BCUT2D eigenvalue weighted by Crippen LogP contribution is 2.24. The summed E-state index contributed by atoms with van der Waals surface area (Å²) in [5, 5.41) is 14.7. The summed E-state index contributed by atoms with van der Waals surface area (Å²) >= 11 is 0. The molecule has 1 aromatic heterocycles. The van der Waals surface area contributed by atoms with E-state index in [-0.39, 0.29) is 4.90 Å². The minimum absolute atomic E-state index is 0.276. The monoisotopic (exact) mass is 349 g/mol. The summed E-state index contributed by atoms with van der Waals surface area (Å²) in [6.45, 7) is 2.40. The van der Waals surface area contributed by atoms with Crippen LogP contribution in [-0.4, -0.2) is 54.1 Å². The van der Waals surface area contributed by atoms with E-state index >= 15 is 0 Å². The molecule has 0 saturated carbocycles. The number of hydrogen-bond acceptors (Lipinski definition) is 5. The van der Waals surface area contributed by atoms with E-state index in [2.05, 4.69) is 10.00 Å².